The van der Waals surface area contributed by atoms with Crippen molar-refractivity contribution in [1.82, 2.24) is 9.55 Å². The predicted octanol–water partition coefficient (Wildman–Crippen LogP) is 5.89. The highest BCUT2D eigenvalue weighted by Crippen LogP contribution is 2.32. The lowest BCUT2D eigenvalue weighted by atomic mass is 10.0. The second-order valence-corrected chi connectivity index (χ2v) is 7.20. The van der Waals surface area contributed by atoms with Crippen LogP contribution in [0.2, 0.25) is 0 Å². The number of hydrogen-bond acceptors (Lipinski definition) is 3. The molecule has 0 radical (unpaired) electrons. The third kappa shape index (κ3) is 6.60. The summed E-state index contributed by atoms with van der Waals surface area (Å²) in [5, 5.41) is 7.12. The Hall–Kier alpha value is -3.29. The maximum atomic E-state index is 10.6. The number of carbonyl (C=O) groups is 1. The fourth-order valence-electron chi connectivity index (χ4n) is 3.19. The fourth-order valence-corrected chi connectivity index (χ4v) is 3.19. The van der Waals surface area contributed by atoms with Gasteiger partial charge in [-0.05, 0) is 43.0 Å². The summed E-state index contributed by atoms with van der Waals surface area (Å²) in [5.41, 5.74) is 6.05. The summed E-state index contributed by atoms with van der Waals surface area (Å²) in [6, 6.07) is 16.7. The van der Waals surface area contributed by atoms with Gasteiger partial charge in [0.2, 0.25) is 0 Å². The highest BCUT2D eigenvalue weighted by molar-refractivity contribution is 5.73. The van der Waals surface area contributed by atoms with E-state index in [-0.39, 0.29) is 0 Å². The summed E-state index contributed by atoms with van der Waals surface area (Å²) in [4.78, 5) is 13.7. The van der Waals surface area contributed by atoms with Gasteiger partial charge < -0.3 is 14.4 Å². The van der Waals surface area contributed by atoms with Crippen LogP contribution >= 0.6 is 0 Å². The normalized spacial score (nSPS) is 10.9. The number of carboxylic acids is 1. The number of methoxy groups -OCH3 is 1. The number of carboxylic acid groups (broad SMARTS) is 1. The van der Waals surface area contributed by atoms with Gasteiger partial charge >= 0.3 is 12.1 Å². The Morgan fingerprint density at radius 3 is 2.34 bits per heavy atom. The molecule has 3 aromatic rings. The molecule has 0 unspecified atom stereocenters. The van der Waals surface area contributed by atoms with Crippen molar-refractivity contribution < 1.29 is 27.8 Å². The molecule has 1 N–H and O–H groups in total. The van der Waals surface area contributed by atoms with Crippen molar-refractivity contribution >= 4 is 5.97 Å². The molecule has 1 heterocycles. The second kappa shape index (κ2) is 11.4. The molecule has 8 heteroatoms. The summed E-state index contributed by atoms with van der Waals surface area (Å²) in [7, 11) is 1.72. The molecule has 0 aliphatic carbocycles. The summed E-state index contributed by atoms with van der Waals surface area (Å²) in [6.07, 6.45) is 0.234. The number of unbranched alkanes of at least 4 members (excludes halogenated alkanes) is 1. The van der Waals surface area contributed by atoms with Gasteiger partial charge in [-0.25, -0.2) is 9.78 Å². The minimum atomic E-state index is -5.08. The number of halogens is 3. The Morgan fingerprint density at radius 1 is 1.12 bits per heavy atom. The molecule has 0 spiro atoms. The zero-order valence-corrected chi connectivity index (χ0v) is 18.3. The molecule has 0 bridgehead atoms. The third-order valence-corrected chi connectivity index (χ3v) is 4.92. The summed E-state index contributed by atoms with van der Waals surface area (Å²) in [5.74, 6) is -1.88. The van der Waals surface area contributed by atoms with Crippen molar-refractivity contribution in [3.8, 4) is 17.0 Å². The minimum Gasteiger partial charge on any atom is -0.496 e. The number of benzene rings is 2. The number of nitrogens with zero attached hydrogens (tertiary/aromatic N) is 2. The van der Waals surface area contributed by atoms with Crippen molar-refractivity contribution in [2.45, 2.75) is 45.8 Å². The van der Waals surface area contributed by atoms with Crippen LogP contribution in [0.1, 0.15) is 36.6 Å². The number of aromatic nitrogens is 2. The maximum absolute atomic E-state index is 10.6. The zero-order valence-electron chi connectivity index (χ0n) is 18.3. The topological polar surface area (TPSA) is 64.4 Å². The first-order chi connectivity index (χ1) is 15.2. The first-order valence-corrected chi connectivity index (χ1v) is 10.2. The Morgan fingerprint density at radius 2 is 1.75 bits per heavy atom. The Labute approximate surface area is 185 Å². The maximum Gasteiger partial charge on any atom is 0.490 e. The van der Waals surface area contributed by atoms with Crippen molar-refractivity contribution in [2.75, 3.05) is 7.11 Å². The van der Waals surface area contributed by atoms with Crippen molar-refractivity contribution in [3.63, 3.8) is 0 Å². The fraction of sp³-hybridized carbons (Fsp3) is 0.333. The van der Waals surface area contributed by atoms with Crippen LogP contribution in [-0.2, 0) is 17.8 Å². The van der Waals surface area contributed by atoms with Crippen LogP contribution in [0.4, 0.5) is 13.2 Å². The number of aryl methyl sites for hydroxylation is 1. The molecule has 3 rings (SSSR count). The number of imidazole rings is 1. The number of para-hydroxylation sites is 1. The Bertz CT molecular complexity index is 1030. The largest absolute Gasteiger partial charge is 0.496 e. The van der Waals surface area contributed by atoms with Gasteiger partial charge in [0.15, 0.2) is 0 Å². The highest BCUT2D eigenvalue weighted by Gasteiger charge is 2.38. The van der Waals surface area contributed by atoms with E-state index in [0.717, 1.165) is 36.4 Å². The molecule has 5 nitrogen and oxygen atoms in total. The smallest absolute Gasteiger partial charge is 0.490 e. The summed E-state index contributed by atoms with van der Waals surface area (Å²) in [6.45, 7) is 5.25. The van der Waals surface area contributed by atoms with Crippen molar-refractivity contribution in [3.05, 3.63) is 71.7 Å². The monoisotopic (exact) mass is 448 g/mol. The van der Waals surface area contributed by atoms with E-state index >= 15 is 0 Å². The lowest BCUT2D eigenvalue weighted by Crippen LogP contribution is -2.21. The van der Waals surface area contributed by atoms with Crippen molar-refractivity contribution in [2.24, 2.45) is 0 Å². The molecular weight excluding hydrogens is 421 g/mol. The van der Waals surface area contributed by atoms with E-state index in [1.165, 1.54) is 23.2 Å². The predicted molar refractivity (Wildman–Crippen MR) is 117 cm³/mol. The van der Waals surface area contributed by atoms with Crippen LogP contribution in [-0.4, -0.2) is 33.9 Å². The zero-order chi connectivity index (χ0) is 23.7. The Balaban J connectivity index is 0.000000451. The first kappa shape index (κ1) is 25.0. The molecule has 0 fully saturated rings. The van der Waals surface area contributed by atoms with Gasteiger partial charge in [-0.3, -0.25) is 0 Å². The molecule has 0 atom stereocenters. The number of alkyl halides is 3. The molecule has 32 heavy (non-hydrogen) atoms. The number of hydrogen-bond donors (Lipinski definition) is 1. The SMILES string of the molecule is CCCCc1c(-c2ccccc2OC)ncn1Cc1ccccc1C.O=C(O)C(F)(F)F. The van der Waals surface area contributed by atoms with Crippen LogP contribution in [0.25, 0.3) is 11.3 Å². The van der Waals surface area contributed by atoms with Crippen LogP contribution in [0, 0.1) is 6.92 Å². The van der Waals surface area contributed by atoms with Crippen LogP contribution in [0.3, 0.4) is 0 Å². The van der Waals surface area contributed by atoms with Crippen LogP contribution in [0.5, 0.6) is 5.75 Å². The number of aliphatic carboxylic acids is 1. The average Bonchev–Trinajstić information content (AvgIpc) is 3.15. The van der Waals surface area contributed by atoms with E-state index in [2.05, 4.69) is 48.7 Å². The van der Waals surface area contributed by atoms with Crippen molar-refractivity contribution in [1.29, 1.82) is 0 Å². The second-order valence-electron chi connectivity index (χ2n) is 7.20. The summed E-state index contributed by atoms with van der Waals surface area (Å²) >= 11 is 0. The van der Waals surface area contributed by atoms with Crippen LogP contribution in [0.15, 0.2) is 54.9 Å². The van der Waals surface area contributed by atoms with Gasteiger partial charge in [-0.2, -0.15) is 13.2 Å². The average molecular weight is 448 g/mol. The van der Waals surface area contributed by atoms with Gasteiger partial charge in [0.1, 0.15) is 5.75 Å². The molecule has 172 valence electrons. The van der Waals surface area contributed by atoms with Gasteiger partial charge in [0.05, 0.1) is 19.1 Å². The van der Waals surface area contributed by atoms with E-state index < -0.39 is 12.1 Å². The standard InChI is InChI=1S/C22H26N2O.C2HF3O2/c1-4-5-13-20-22(19-12-8-9-14-21(19)25-3)23-16-24(20)15-18-11-7-6-10-17(18)2;3-2(4,5)1(6)7/h6-12,14,16H,4-5,13,15H2,1-3H3;(H,6,7). The van der Waals surface area contributed by atoms with E-state index in [1.54, 1.807) is 7.11 Å². The number of rotatable bonds is 7. The first-order valence-electron chi connectivity index (χ1n) is 10.2. The molecular formula is C24H27F3N2O3. The molecule has 2 aromatic carbocycles. The molecule has 0 aliphatic rings. The Kier molecular flexibility index (Phi) is 8.87. The van der Waals surface area contributed by atoms with Gasteiger partial charge in [-0.15, -0.1) is 0 Å². The minimum absolute atomic E-state index is 0.855. The molecule has 1 aromatic heterocycles. The molecule has 0 saturated heterocycles. The lowest BCUT2D eigenvalue weighted by Gasteiger charge is -2.13. The van der Waals surface area contributed by atoms with Crippen LogP contribution < -0.4 is 4.74 Å². The lowest BCUT2D eigenvalue weighted by molar-refractivity contribution is -0.192. The third-order valence-electron chi connectivity index (χ3n) is 4.92. The van der Waals surface area contributed by atoms with Gasteiger partial charge in [0, 0.05) is 17.8 Å². The highest BCUT2D eigenvalue weighted by atomic mass is 19.4. The van der Waals surface area contributed by atoms with E-state index in [4.69, 9.17) is 19.6 Å². The van der Waals surface area contributed by atoms with E-state index in [9.17, 15) is 13.2 Å². The van der Waals surface area contributed by atoms with Gasteiger partial charge in [0.25, 0.3) is 0 Å². The molecule has 0 amide bonds. The summed E-state index contributed by atoms with van der Waals surface area (Å²) < 4.78 is 39.6. The van der Waals surface area contributed by atoms with E-state index in [0.29, 0.717) is 0 Å². The van der Waals surface area contributed by atoms with Gasteiger partial charge in [-0.1, -0.05) is 49.7 Å². The quantitative estimate of drug-likeness (QED) is 0.489. The number of ether oxygens (including phenoxy) is 1. The molecule has 0 saturated carbocycles. The van der Waals surface area contributed by atoms with E-state index in [1.807, 2.05) is 24.5 Å². The molecule has 0 aliphatic heterocycles.